The van der Waals surface area contributed by atoms with Gasteiger partial charge in [-0.25, -0.2) is 15.0 Å². The number of nitrogens with zero attached hydrogens (tertiary/aromatic N) is 8. The SMILES string of the molecule is CC(C)(C)O[C@H]1CN[C@H](C(=O)CCc2ccc(Cl)cc2)C1.O=C(NCc1ccc(Cl)cc1)[C@@H]1C[C@@H](O)CN1C(=O)Cn1ccnc1.O=C(NCc1ccc(Cl)cc1)[C@@H]1C[C@@H](O)CN1C(=O)Cn1ccnc1.O=C(O)Cn1ccnc1. The molecule has 0 aliphatic carbocycles. The number of ketones is 1. The number of rotatable bonds is 17. The lowest BCUT2D eigenvalue weighted by Crippen LogP contribution is -2.46. The van der Waals surface area contributed by atoms with Crippen LogP contribution in [0.25, 0.3) is 0 Å². The second kappa shape index (κ2) is 30.6. The first-order valence-electron chi connectivity index (χ1n) is 25.9. The number of aromatic nitrogens is 6. The standard InChI is InChI=1S/2C17H19ClN4O3.C17H24ClNO2.C5H6N2O2/c2*18-13-3-1-12(2-4-13)8-20-17(25)15-7-14(23)9-22(15)16(24)10-21-6-5-19-11-21;1-17(2,3)21-14-10-15(19-11-14)16(20)9-6-12-4-7-13(18)8-5-12;8-5(9)3-7-2-1-6-4-7/h2*1-6,11,14-15,23H,7-10H2,(H,20,25);4-5,7-8,14-15,19H,6,9-11H2,1-3H3;1-2,4H,3H2,(H,8,9)/t3*14-,15+;/m111./s1. The summed E-state index contributed by atoms with van der Waals surface area (Å²) in [6.45, 7) is 8.06. The molecule has 3 fully saturated rings. The van der Waals surface area contributed by atoms with Crippen LogP contribution in [0.3, 0.4) is 0 Å². The Morgan fingerprint density at radius 1 is 0.613 bits per heavy atom. The lowest BCUT2D eigenvalue weighted by molar-refractivity contribution is -0.139. The number of likely N-dealkylation sites (tertiary alicyclic amines) is 2. The van der Waals surface area contributed by atoms with Gasteiger partial charge in [-0.3, -0.25) is 28.8 Å². The lowest BCUT2D eigenvalue weighted by atomic mass is 10.0. The van der Waals surface area contributed by atoms with Crippen molar-refractivity contribution in [3.8, 4) is 0 Å². The van der Waals surface area contributed by atoms with Crippen LogP contribution in [0, 0.1) is 0 Å². The highest BCUT2D eigenvalue weighted by Gasteiger charge is 2.40. The van der Waals surface area contributed by atoms with Crippen LogP contribution < -0.4 is 16.0 Å². The number of aliphatic hydroxyl groups excluding tert-OH is 2. The van der Waals surface area contributed by atoms with Crippen molar-refractivity contribution < 1.29 is 48.8 Å². The Labute approximate surface area is 479 Å². The molecule has 80 heavy (non-hydrogen) atoms. The van der Waals surface area contributed by atoms with Crippen molar-refractivity contribution in [3.05, 3.63) is 161 Å². The maximum absolute atomic E-state index is 12.5. The minimum atomic E-state index is -0.854. The van der Waals surface area contributed by atoms with Crippen LogP contribution in [-0.2, 0) is 72.6 Å². The molecule has 4 amide bonds. The molecule has 3 aromatic carbocycles. The van der Waals surface area contributed by atoms with E-state index in [1.165, 1.54) is 20.7 Å². The number of carboxylic acid groups (broad SMARTS) is 1. The van der Waals surface area contributed by atoms with E-state index in [1.807, 2.05) is 69.3 Å². The number of imidazole rings is 3. The first-order chi connectivity index (χ1) is 38.2. The molecule has 6 N–H and O–H groups in total. The highest BCUT2D eigenvalue weighted by atomic mass is 35.5. The van der Waals surface area contributed by atoms with Crippen molar-refractivity contribution >= 4 is 70.2 Å². The van der Waals surface area contributed by atoms with E-state index < -0.39 is 30.3 Å². The number of carbonyl (C=O) groups is 6. The normalized spacial score (nSPS) is 19.4. The van der Waals surface area contributed by atoms with Crippen molar-refractivity contribution in [2.45, 2.75) is 128 Å². The van der Waals surface area contributed by atoms with Gasteiger partial charge in [0.05, 0.1) is 48.9 Å². The van der Waals surface area contributed by atoms with Crippen LogP contribution in [0.1, 0.15) is 63.1 Å². The summed E-state index contributed by atoms with van der Waals surface area (Å²) in [7, 11) is 0. The number of hydrogen-bond donors (Lipinski definition) is 6. The maximum Gasteiger partial charge on any atom is 0.323 e. The lowest BCUT2D eigenvalue weighted by Gasteiger charge is -2.24. The first-order valence-corrected chi connectivity index (χ1v) is 27.1. The number of carbonyl (C=O) groups excluding carboxylic acids is 5. The summed E-state index contributed by atoms with van der Waals surface area (Å²) in [5.74, 6) is -1.57. The van der Waals surface area contributed by atoms with Gasteiger partial charge in [0.1, 0.15) is 37.5 Å². The summed E-state index contributed by atoms with van der Waals surface area (Å²) in [4.78, 5) is 86.5. The molecule has 6 aromatic rings. The Balaban J connectivity index is 0.000000180. The molecular weight excluding hydrogens is 1090 g/mol. The predicted molar refractivity (Wildman–Crippen MR) is 299 cm³/mol. The molecule has 0 radical (unpaired) electrons. The number of aryl methyl sites for hydroxylation is 1. The summed E-state index contributed by atoms with van der Waals surface area (Å²) in [6, 6.07) is 20.6. The third kappa shape index (κ3) is 20.9. The molecule has 9 rings (SSSR count). The van der Waals surface area contributed by atoms with Crippen LogP contribution >= 0.6 is 34.8 Å². The van der Waals surface area contributed by atoms with Crippen molar-refractivity contribution in [3.63, 3.8) is 0 Å². The zero-order chi connectivity index (χ0) is 57.8. The average molecular weight is 1160 g/mol. The fourth-order valence-electron chi connectivity index (χ4n) is 8.92. The quantitative estimate of drug-likeness (QED) is 0.0704. The molecule has 0 unspecified atom stereocenters. The molecule has 6 heterocycles. The van der Waals surface area contributed by atoms with Gasteiger partial charge in [0.15, 0.2) is 0 Å². The molecular formula is C56H68Cl3N11O10. The number of aliphatic hydroxyl groups is 2. The van der Waals surface area contributed by atoms with E-state index in [1.54, 1.807) is 83.2 Å². The number of carboxylic acids is 1. The van der Waals surface area contributed by atoms with Crippen LogP contribution in [0.2, 0.25) is 15.1 Å². The minimum Gasteiger partial charge on any atom is -0.480 e. The number of aliphatic carboxylic acids is 1. The number of nitrogens with one attached hydrogen (secondary N) is 3. The predicted octanol–water partition coefficient (Wildman–Crippen LogP) is 4.98. The van der Waals surface area contributed by atoms with Gasteiger partial charge in [-0.05, 0) is 86.7 Å². The number of ether oxygens (including phenoxy) is 1. The Morgan fingerprint density at radius 3 is 1.39 bits per heavy atom. The van der Waals surface area contributed by atoms with E-state index >= 15 is 0 Å². The molecule has 24 heteroatoms. The van der Waals surface area contributed by atoms with Gasteiger partial charge in [-0.1, -0.05) is 71.2 Å². The Morgan fingerprint density at radius 2 is 1.01 bits per heavy atom. The molecule has 428 valence electrons. The van der Waals surface area contributed by atoms with E-state index in [4.69, 9.17) is 44.6 Å². The van der Waals surface area contributed by atoms with E-state index in [9.17, 15) is 39.0 Å². The number of halogens is 3. The molecule has 21 nitrogen and oxygen atoms in total. The molecule has 3 aliphatic rings. The summed E-state index contributed by atoms with van der Waals surface area (Å²) in [5, 5.41) is 38.9. The Hall–Kier alpha value is -6.98. The fraction of sp³-hybridized carbons (Fsp3) is 0.411. The molecule has 0 spiro atoms. The Kier molecular flexibility index (Phi) is 23.8. The van der Waals surface area contributed by atoms with Crippen LogP contribution in [0.4, 0.5) is 0 Å². The summed E-state index contributed by atoms with van der Waals surface area (Å²) >= 11 is 17.5. The van der Waals surface area contributed by atoms with Crippen molar-refractivity contribution in [1.82, 2.24) is 54.4 Å². The minimum absolute atomic E-state index is 0.0139. The van der Waals surface area contributed by atoms with Crippen LogP contribution in [0.15, 0.2) is 129 Å². The van der Waals surface area contributed by atoms with Gasteiger partial charge in [0, 0.05) is 104 Å². The van der Waals surface area contributed by atoms with Gasteiger partial charge < -0.3 is 59.5 Å². The zero-order valence-corrected chi connectivity index (χ0v) is 47.0. The van der Waals surface area contributed by atoms with E-state index in [0.717, 1.165) is 41.1 Å². The number of amides is 4. The van der Waals surface area contributed by atoms with E-state index in [0.29, 0.717) is 29.6 Å². The number of β-amino-alcohol motifs (C(OH)–C–C–N with tert-alkyl or cyclic N) is 2. The molecule has 6 atom stereocenters. The monoisotopic (exact) mass is 1160 g/mol. The second-order valence-corrected chi connectivity index (χ2v) is 21.6. The van der Waals surface area contributed by atoms with Crippen molar-refractivity contribution in [1.29, 1.82) is 0 Å². The van der Waals surface area contributed by atoms with E-state index in [2.05, 4.69) is 30.9 Å². The summed E-state index contributed by atoms with van der Waals surface area (Å²) < 4.78 is 10.7. The van der Waals surface area contributed by atoms with Gasteiger partial charge in [-0.2, -0.15) is 0 Å². The van der Waals surface area contributed by atoms with E-state index in [-0.39, 0.29) is 92.7 Å². The number of hydrogen-bond acceptors (Lipinski definition) is 13. The third-order valence-electron chi connectivity index (χ3n) is 12.8. The molecule has 3 saturated heterocycles. The highest BCUT2D eigenvalue weighted by Crippen LogP contribution is 2.23. The first kappa shape index (κ1) is 62.2. The molecule has 0 saturated carbocycles. The number of Topliss-reactive ketones (excluding diaryl/α,β-unsaturated/α-hetero) is 1. The number of benzene rings is 3. The third-order valence-corrected chi connectivity index (χ3v) is 13.5. The van der Waals surface area contributed by atoms with Crippen molar-refractivity contribution in [2.75, 3.05) is 19.6 Å². The largest absolute Gasteiger partial charge is 0.480 e. The maximum atomic E-state index is 12.5. The zero-order valence-electron chi connectivity index (χ0n) is 44.7. The second-order valence-electron chi connectivity index (χ2n) is 20.3. The van der Waals surface area contributed by atoms with Crippen molar-refractivity contribution in [2.24, 2.45) is 0 Å². The average Bonchev–Trinajstić information content (AvgIpc) is 4.31. The fourth-order valence-corrected chi connectivity index (χ4v) is 9.29. The van der Waals surface area contributed by atoms with Gasteiger partial charge in [0.25, 0.3) is 0 Å². The highest BCUT2D eigenvalue weighted by molar-refractivity contribution is 6.31. The summed E-state index contributed by atoms with van der Waals surface area (Å²) in [5.41, 5.74) is 2.81. The topological polar surface area (TPSA) is 268 Å². The van der Waals surface area contributed by atoms with Gasteiger partial charge in [0.2, 0.25) is 23.6 Å². The molecule has 0 bridgehead atoms. The van der Waals surface area contributed by atoms with Crippen LogP contribution in [0.5, 0.6) is 0 Å². The van der Waals surface area contributed by atoms with Gasteiger partial charge in [-0.15, -0.1) is 0 Å². The van der Waals surface area contributed by atoms with Crippen LogP contribution in [-0.4, -0.2) is 151 Å². The van der Waals surface area contributed by atoms with Gasteiger partial charge >= 0.3 is 5.97 Å². The molecule has 3 aromatic heterocycles. The summed E-state index contributed by atoms with van der Waals surface area (Å²) in [6.07, 6.45) is 15.5. The Bertz CT molecular complexity index is 2760. The molecule has 3 aliphatic heterocycles. The smallest absolute Gasteiger partial charge is 0.323 e.